The van der Waals surface area contributed by atoms with E-state index in [4.69, 9.17) is 9.84 Å². The zero-order valence-electron chi connectivity index (χ0n) is 9.70. The molecule has 6 nitrogen and oxygen atoms in total. The predicted molar refractivity (Wildman–Crippen MR) is 62.9 cm³/mol. The number of aromatic hydroxyl groups is 1. The monoisotopic (exact) mass is 248 g/mol. The molecule has 0 saturated carbocycles. The SMILES string of the molecule is COCc1c(C(=O)O)cnn1-c1cccc(O)c1. The van der Waals surface area contributed by atoms with Crippen LogP contribution in [0.15, 0.2) is 30.5 Å². The number of methoxy groups -OCH3 is 1. The van der Waals surface area contributed by atoms with Gasteiger partial charge in [0.2, 0.25) is 0 Å². The zero-order chi connectivity index (χ0) is 13.1. The number of rotatable bonds is 4. The first-order chi connectivity index (χ1) is 8.63. The minimum atomic E-state index is -1.06. The number of nitrogens with zero attached hydrogens (tertiary/aromatic N) is 2. The molecule has 18 heavy (non-hydrogen) atoms. The van der Waals surface area contributed by atoms with Gasteiger partial charge in [-0.25, -0.2) is 9.48 Å². The third-order valence-corrected chi connectivity index (χ3v) is 2.45. The Labute approximate surface area is 103 Å². The summed E-state index contributed by atoms with van der Waals surface area (Å²) in [4.78, 5) is 11.0. The number of phenolic OH excluding ortho intramolecular Hbond substituents is 1. The molecule has 94 valence electrons. The number of ether oxygens (including phenoxy) is 1. The molecule has 0 radical (unpaired) electrons. The number of benzene rings is 1. The summed E-state index contributed by atoms with van der Waals surface area (Å²) in [7, 11) is 1.48. The molecule has 0 bridgehead atoms. The highest BCUT2D eigenvalue weighted by atomic mass is 16.5. The van der Waals surface area contributed by atoms with Gasteiger partial charge in [0.25, 0.3) is 0 Å². The molecule has 0 saturated heterocycles. The fraction of sp³-hybridized carbons (Fsp3) is 0.167. The van der Waals surface area contributed by atoms with E-state index in [1.807, 2.05) is 0 Å². The molecule has 1 aromatic carbocycles. The lowest BCUT2D eigenvalue weighted by molar-refractivity contribution is 0.0691. The number of hydrogen-bond donors (Lipinski definition) is 2. The van der Waals surface area contributed by atoms with Crippen LogP contribution in [0.5, 0.6) is 5.75 Å². The van der Waals surface area contributed by atoms with Gasteiger partial charge in [-0.3, -0.25) is 0 Å². The molecule has 1 heterocycles. The molecule has 1 aromatic heterocycles. The van der Waals surface area contributed by atoms with Gasteiger partial charge in [-0.2, -0.15) is 5.10 Å². The summed E-state index contributed by atoms with van der Waals surface area (Å²) in [5.41, 5.74) is 1.09. The van der Waals surface area contributed by atoms with Crippen LogP contribution in [0.2, 0.25) is 0 Å². The number of carbonyl (C=O) groups is 1. The third-order valence-electron chi connectivity index (χ3n) is 2.45. The van der Waals surface area contributed by atoms with Crippen molar-refractivity contribution in [2.24, 2.45) is 0 Å². The van der Waals surface area contributed by atoms with Gasteiger partial charge in [-0.1, -0.05) is 6.07 Å². The molecule has 0 unspecified atom stereocenters. The van der Waals surface area contributed by atoms with Gasteiger partial charge >= 0.3 is 5.97 Å². The normalized spacial score (nSPS) is 10.5. The van der Waals surface area contributed by atoms with E-state index in [-0.39, 0.29) is 17.9 Å². The average Bonchev–Trinajstić information content (AvgIpc) is 2.73. The van der Waals surface area contributed by atoms with Gasteiger partial charge in [-0.05, 0) is 12.1 Å². The maximum absolute atomic E-state index is 11.0. The average molecular weight is 248 g/mol. The van der Waals surface area contributed by atoms with E-state index in [1.54, 1.807) is 12.1 Å². The summed E-state index contributed by atoms with van der Waals surface area (Å²) in [6.45, 7) is 0.122. The number of aromatic nitrogens is 2. The van der Waals surface area contributed by atoms with Crippen molar-refractivity contribution in [3.8, 4) is 11.4 Å². The Morgan fingerprint density at radius 1 is 1.50 bits per heavy atom. The van der Waals surface area contributed by atoms with Crippen molar-refractivity contribution >= 4 is 5.97 Å². The Hall–Kier alpha value is -2.34. The molecule has 2 rings (SSSR count). The minimum Gasteiger partial charge on any atom is -0.508 e. The van der Waals surface area contributed by atoms with Crippen LogP contribution in [0, 0.1) is 0 Å². The summed E-state index contributed by atoms with van der Waals surface area (Å²) in [5.74, 6) is -0.975. The smallest absolute Gasteiger partial charge is 0.339 e. The summed E-state index contributed by atoms with van der Waals surface area (Å²) in [5, 5.41) is 22.5. The maximum atomic E-state index is 11.0. The van der Waals surface area contributed by atoms with Gasteiger partial charge in [0.1, 0.15) is 11.3 Å². The molecule has 0 aliphatic carbocycles. The van der Waals surface area contributed by atoms with Crippen LogP contribution < -0.4 is 0 Å². The van der Waals surface area contributed by atoms with E-state index >= 15 is 0 Å². The van der Waals surface area contributed by atoms with Gasteiger partial charge in [0.05, 0.1) is 24.2 Å². The maximum Gasteiger partial charge on any atom is 0.339 e. The summed E-state index contributed by atoms with van der Waals surface area (Å²) >= 11 is 0. The van der Waals surface area contributed by atoms with Crippen molar-refractivity contribution in [3.63, 3.8) is 0 Å². The quantitative estimate of drug-likeness (QED) is 0.854. The second kappa shape index (κ2) is 4.89. The van der Waals surface area contributed by atoms with Crippen LogP contribution in [0.3, 0.4) is 0 Å². The first kappa shape index (κ1) is 12.1. The Balaban J connectivity index is 2.54. The van der Waals surface area contributed by atoms with Gasteiger partial charge in [-0.15, -0.1) is 0 Å². The topological polar surface area (TPSA) is 84.6 Å². The van der Waals surface area contributed by atoms with E-state index in [9.17, 15) is 9.90 Å². The van der Waals surface area contributed by atoms with E-state index in [0.717, 1.165) is 0 Å². The molecule has 2 aromatic rings. The van der Waals surface area contributed by atoms with E-state index < -0.39 is 5.97 Å². The first-order valence-corrected chi connectivity index (χ1v) is 5.22. The van der Waals surface area contributed by atoms with Crippen LogP contribution in [0.25, 0.3) is 5.69 Å². The summed E-state index contributed by atoms with van der Waals surface area (Å²) in [6.07, 6.45) is 1.26. The second-order valence-corrected chi connectivity index (χ2v) is 3.67. The molecule has 0 amide bonds. The minimum absolute atomic E-state index is 0.0835. The highest BCUT2D eigenvalue weighted by molar-refractivity contribution is 5.88. The Bertz CT molecular complexity index is 577. The molecule has 0 aliphatic rings. The molecule has 6 heteroatoms. The number of phenols is 1. The van der Waals surface area contributed by atoms with E-state index in [0.29, 0.717) is 11.4 Å². The number of carboxylic acids is 1. The van der Waals surface area contributed by atoms with Gasteiger partial charge in [0, 0.05) is 13.2 Å². The molecular formula is C12H12N2O4. The van der Waals surface area contributed by atoms with Crippen LogP contribution in [-0.4, -0.2) is 33.1 Å². The number of aromatic carboxylic acids is 1. The molecule has 0 spiro atoms. The van der Waals surface area contributed by atoms with Crippen molar-refractivity contribution < 1.29 is 19.7 Å². The summed E-state index contributed by atoms with van der Waals surface area (Å²) < 4.78 is 6.42. The molecular weight excluding hydrogens is 236 g/mol. The highest BCUT2D eigenvalue weighted by Gasteiger charge is 2.17. The third kappa shape index (κ3) is 2.18. The second-order valence-electron chi connectivity index (χ2n) is 3.67. The van der Waals surface area contributed by atoms with Crippen LogP contribution in [-0.2, 0) is 11.3 Å². The fourth-order valence-corrected chi connectivity index (χ4v) is 1.68. The lowest BCUT2D eigenvalue weighted by Gasteiger charge is -2.08. The number of hydrogen-bond acceptors (Lipinski definition) is 4. The zero-order valence-corrected chi connectivity index (χ0v) is 9.70. The van der Waals surface area contributed by atoms with Crippen molar-refractivity contribution in [1.82, 2.24) is 9.78 Å². The van der Waals surface area contributed by atoms with E-state index in [2.05, 4.69) is 5.10 Å². The van der Waals surface area contributed by atoms with Crippen LogP contribution in [0.1, 0.15) is 16.1 Å². The van der Waals surface area contributed by atoms with Crippen molar-refractivity contribution in [2.75, 3.05) is 7.11 Å². The van der Waals surface area contributed by atoms with Crippen molar-refractivity contribution in [1.29, 1.82) is 0 Å². The van der Waals surface area contributed by atoms with Crippen molar-refractivity contribution in [2.45, 2.75) is 6.61 Å². The molecule has 0 atom stereocenters. The predicted octanol–water partition coefficient (Wildman–Crippen LogP) is 1.42. The standard InChI is InChI=1S/C12H12N2O4/c1-18-7-11-10(12(16)17)6-13-14(11)8-3-2-4-9(15)5-8/h2-6,15H,7H2,1H3,(H,16,17). The molecule has 0 aliphatic heterocycles. The summed E-state index contributed by atoms with van der Waals surface area (Å²) in [6, 6.07) is 6.40. The Kier molecular flexibility index (Phi) is 3.29. The largest absolute Gasteiger partial charge is 0.508 e. The Morgan fingerprint density at radius 3 is 2.89 bits per heavy atom. The van der Waals surface area contributed by atoms with Gasteiger partial charge in [0.15, 0.2) is 0 Å². The van der Waals surface area contributed by atoms with E-state index in [1.165, 1.54) is 30.1 Å². The fourth-order valence-electron chi connectivity index (χ4n) is 1.68. The molecule has 2 N–H and O–H groups in total. The van der Waals surface area contributed by atoms with Crippen LogP contribution >= 0.6 is 0 Å². The van der Waals surface area contributed by atoms with Crippen molar-refractivity contribution in [3.05, 3.63) is 41.7 Å². The van der Waals surface area contributed by atoms with Crippen LogP contribution in [0.4, 0.5) is 0 Å². The number of carboxylic acid groups (broad SMARTS) is 1. The first-order valence-electron chi connectivity index (χ1n) is 5.22. The highest BCUT2D eigenvalue weighted by Crippen LogP contribution is 2.19. The lowest BCUT2D eigenvalue weighted by Crippen LogP contribution is -2.07. The molecule has 0 fully saturated rings. The van der Waals surface area contributed by atoms with Gasteiger partial charge < -0.3 is 14.9 Å². The lowest BCUT2D eigenvalue weighted by atomic mass is 10.2. The Morgan fingerprint density at radius 2 is 2.28 bits per heavy atom.